The summed E-state index contributed by atoms with van der Waals surface area (Å²) in [6.07, 6.45) is 0.518. The zero-order chi connectivity index (χ0) is 9.78. The first-order chi connectivity index (χ1) is 5.38. The molecule has 0 amide bonds. The molecule has 0 aliphatic rings. The molecule has 0 aromatic heterocycles. The van der Waals surface area contributed by atoms with Crippen molar-refractivity contribution in [1.82, 2.24) is 0 Å². The molecule has 0 aliphatic heterocycles. The Morgan fingerprint density at radius 1 is 1.75 bits per heavy atom. The Kier molecular flexibility index (Phi) is 3.91. The fourth-order valence-electron chi connectivity index (χ4n) is 0.481. The predicted octanol–water partition coefficient (Wildman–Crippen LogP) is 0.339. The fraction of sp³-hybridized carbons (Fsp3) is 0.500. The van der Waals surface area contributed by atoms with E-state index < -0.39 is 21.3 Å². The van der Waals surface area contributed by atoms with Crippen LogP contribution in [-0.4, -0.2) is 24.2 Å². The summed E-state index contributed by atoms with van der Waals surface area (Å²) in [6, 6.07) is 0. The standard InChI is InChI=1S/C6H10O5S/c1-3-11-6(7)4-5(2)12(8,9)10/h3,5H,1,4H2,2H3,(H,8,9,10). The molecular weight excluding hydrogens is 184 g/mol. The van der Waals surface area contributed by atoms with Crippen LogP contribution in [0, 0.1) is 0 Å². The lowest BCUT2D eigenvalue weighted by atomic mass is 10.3. The number of carbonyl (C=O) groups is 1. The summed E-state index contributed by atoms with van der Waals surface area (Å²) < 4.78 is 33.5. The van der Waals surface area contributed by atoms with Crippen LogP contribution in [0.2, 0.25) is 0 Å². The largest absolute Gasteiger partial charge is 0.435 e. The smallest absolute Gasteiger partial charge is 0.311 e. The van der Waals surface area contributed by atoms with E-state index in [0.29, 0.717) is 0 Å². The molecule has 1 N–H and O–H groups in total. The van der Waals surface area contributed by atoms with E-state index in [9.17, 15) is 13.2 Å². The van der Waals surface area contributed by atoms with Crippen LogP contribution < -0.4 is 0 Å². The zero-order valence-electron chi connectivity index (χ0n) is 6.56. The van der Waals surface area contributed by atoms with Crippen LogP contribution in [0.3, 0.4) is 0 Å². The van der Waals surface area contributed by atoms with Crippen molar-refractivity contribution < 1.29 is 22.5 Å². The third-order valence-corrected chi connectivity index (χ3v) is 2.36. The summed E-state index contributed by atoms with van der Waals surface area (Å²) >= 11 is 0. The first kappa shape index (κ1) is 11.1. The highest BCUT2D eigenvalue weighted by molar-refractivity contribution is 7.86. The van der Waals surface area contributed by atoms with Crippen LogP contribution in [0.4, 0.5) is 0 Å². The topological polar surface area (TPSA) is 80.7 Å². The van der Waals surface area contributed by atoms with E-state index in [1.807, 2.05) is 0 Å². The van der Waals surface area contributed by atoms with Gasteiger partial charge in [-0.2, -0.15) is 8.42 Å². The van der Waals surface area contributed by atoms with Gasteiger partial charge >= 0.3 is 5.97 Å². The molecule has 1 unspecified atom stereocenters. The Bertz CT molecular complexity index is 266. The molecular formula is C6H10O5S. The maximum Gasteiger partial charge on any atom is 0.311 e. The Morgan fingerprint density at radius 3 is 2.58 bits per heavy atom. The van der Waals surface area contributed by atoms with Gasteiger partial charge in [-0.15, -0.1) is 0 Å². The minimum atomic E-state index is -4.15. The highest BCUT2D eigenvalue weighted by Gasteiger charge is 2.21. The van der Waals surface area contributed by atoms with Gasteiger partial charge < -0.3 is 4.74 Å². The third-order valence-electron chi connectivity index (χ3n) is 1.18. The highest BCUT2D eigenvalue weighted by atomic mass is 32.2. The Morgan fingerprint density at radius 2 is 2.25 bits per heavy atom. The average molecular weight is 194 g/mol. The molecule has 0 bridgehead atoms. The van der Waals surface area contributed by atoms with Crippen molar-refractivity contribution in [1.29, 1.82) is 0 Å². The van der Waals surface area contributed by atoms with Crippen molar-refractivity contribution in [2.24, 2.45) is 0 Å². The molecule has 0 radical (unpaired) electrons. The van der Waals surface area contributed by atoms with Crippen molar-refractivity contribution in [3.8, 4) is 0 Å². The van der Waals surface area contributed by atoms with Gasteiger partial charge in [-0.05, 0) is 6.92 Å². The Labute approximate surface area is 70.8 Å². The van der Waals surface area contributed by atoms with E-state index in [1.165, 1.54) is 6.92 Å². The molecule has 0 aromatic rings. The van der Waals surface area contributed by atoms with E-state index in [0.717, 1.165) is 6.26 Å². The molecule has 70 valence electrons. The van der Waals surface area contributed by atoms with Gasteiger partial charge in [0.25, 0.3) is 10.1 Å². The van der Waals surface area contributed by atoms with E-state index in [2.05, 4.69) is 11.3 Å². The highest BCUT2D eigenvalue weighted by Crippen LogP contribution is 2.03. The van der Waals surface area contributed by atoms with Crippen molar-refractivity contribution in [3.63, 3.8) is 0 Å². The first-order valence-electron chi connectivity index (χ1n) is 3.14. The van der Waals surface area contributed by atoms with Gasteiger partial charge in [0.1, 0.15) is 0 Å². The maximum atomic E-state index is 10.6. The maximum absolute atomic E-state index is 10.6. The molecule has 12 heavy (non-hydrogen) atoms. The molecule has 0 rings (SSSR count). The molecule has 0 heterocycles. The second-order valence-electron chi connectivity index (χ2n) is 2.19. The normalized spacial score (nSPS) is 13.5. The van der Waals surface area contributed by atoms with Gasteiger partial charge in [-0.1, -0.05) is 6.58 Å². The first-order valence-corrected chi connectivity index (χ1v) is 4.65. The van der Waals surface area contributed by atoms with Gasteiger partial charge in [0.15, 0.2) is 0 Å². The molecule has 0 saturated heterocycles. The van der Waals surface area contributed by atoms with E-state index in [4.69, 9.17) is 4.55 Å². The molecule has 0 spiro atoms. The fourth-order valence-corrected chi connectivity index (χ4v) is 0.828. The van der Waals surface area contributed by atoms with Crippen molar-refractivity contribution in [2.45, 2.75) is 18.6 Å². The van der Waals surface area contributed by atoms with Crippen LogP contribution in [0.25, 0.3) is 0 Å². The van der Waals surface area contributed by atoms with Crippen LogP contribution in [0.5, 0.6) is 0 Å². The summed E-state index contributed by atoms with van der Waals surface area (Å²) in [7, 11) is -4.15. The minimum absolute atomic E-state index is 0.384. The average Bonchev–Trinajstić information content (AvgIpc) is 1.85. The lowest BCUT2D eigenvalue weighted by Crippen LogP contribution is -2.20. The summed E-state index contributed by atoms with van der Waals surface area (Å²) in [5.74, 6) is -0.741. The Balaban J connectivity index is 4.10. The van der Waals surface area contributed by atoms with E-state index >= 15 is 0 Å². The molecule has 1 atom stereocenters. The number of carbonyl (C=O) groups excluding carboxylic acids is 1. The van der Waals surface area contributed by atoms with Gasteiger partial charge in [-0.3, -0.25) is 9.35 Å². The number of ether oxygens (including phenoxy) is 1. The second-order valence-corrected chi connectivity index (χ2v) is 4.02. The summed E-state index contributed by atoms with van der Waals surface area (Å²) in [6.45, 7) is 4.32. The van der Waals surface area contributed by atoms with E-state index in [-0.39, 0.29) is 6.42 Å². The molecule has 0 aromatic carbocycles. The zero-order valence-corrected chi connectivity index (χ0v) is 7.37. The minimum Gasteiger partial charge on any atom is -0.435 e. The quantitative estimate of drug-likeness (QED) is 0.396. The van der Waals surface area contributed by atoms with Crippen LogP contribution in [0.15, 0.2) is 12.8 Å². The number of rotatable bonds is 4. The molecule has 6 heteroatoms. The molecule has 0 fully saturated rings. The Hall–Kier alpha value is -0.880. The lowest BCUT2D eigenvalue weighted by Gasteiger charge is -2.04. The molecule has 5 nitrogen and oxygen atoms in total. The SMILES string of the molecule is C=COC(=O)CC(C)S(=O)(=O)O. The summed E-state index contributed by atoms with van der Waals surface area (Å²) in [5, 5.41) is -1.15. The molecule has 0 saturated carbocycles. The van der Waals surface area contributed by atoms with Gasteiger partial charge in [0, 0.05) is 0 Å². The van der Waals surface area contributed by atoms with Crippen molar-refractivity contribution in [3.05, 3.63) is 12.8 Å². The number of esters is 1. The summed E-state index contributed by atoms with van der Waals surface area (Å²) in [5.41, 5.74) is 0. The van der Waals surface area contributed by atoms with Crippen molar-refractivity contribution in [2.75, 3.05) is 0 Å². The van der Waals surface area contributed by atoms with Gasteiger partial charge in [0.2, 0.25) is 0 Å². The van der Waals surface area contributed by atoms with Crippen molar-refractivity contribution >= 4 is 16.1 Å². The number of hydrogen-bond donors (Lipinski definition) is 1. The van der Waals surface area contributed by atoms with Crippen LogP contribution in [-0.2, 0) is 19.6 Å². The monoisotopic (exact) mass is 194 g/mol. The van der Waals surface area contributed by atoms with Gasteiger partial charge in [0.05, 0.1) is 17.9 Å². The lowest BCUT2D eigenvalue weighted by molar-refractivity contribution is -0.137. The molecule has 0 aliphatic carbocycles. The number of hydrogen-bond acceptors (Lipinski definition) is 4. The second kappa shape index (κ2) is 4.22. The summed E-state index contributed by atoms with van der Waals surface area (Å²) in [4.78, 5) is 10.6. The van der Waals surface area contributed by atoms with Crippen LogP contribution in [0.1, 0.15) is 13.3 Å². The van der Waals surface area contributed by atoms with E-state index in [1.54, 1.807) is 0 Å². The van der Waals surface area contributed by atoms with Gasteiger partial charge in [-0.25, -0.2) is 0 Å². The third kappa shape index (κ3) is 4.09. The van der Waals surface area contributed by atoms with Crippen LogP contribution >= 0.6 is 0 Å². The predicted molar refractivity (Wildman–Crippen MR) is 41.9 cm³/mol.